The van der Waals surface area contributed by atoms with E-state index in [-0.39, 0.29) is 24.6 Å². The normalized spacial score (nSPS) is 15.3. The number of nitro groups is 1. The Morgan fingerprint density at radius 3 is 2.57 bits per heavy atom. The van der Waals surface area contributed by atoms with Gasteiger partial charge in [-0.15, -0.1) is 0 Å². The number of amides is 1. The molecule has 1 aliphatic rings. The predicted octanol–water partition coefficient (Wildman–Crippen LogP) is 1.54. The van der Waals surface area contributed by atoms with Crippen molar-refractivity contribution in [1.29, 1.82) is 0 Å². The zero-order valence-corrected chi connectivity index (χ0v) is 12.8. The second kappa shape index (κ2) is 6.64. The molecule has 0 radical (unpaired) electrons. The molecule has 124 valence electrons. The van der Waals surface area contributed by atoms with Crippen molar-refractivity contribution in [2.75, 3.05) is 18.5 Å². The van der Waals surface area contributed by atoms with Crippen molar-refractivity contribution >= 4 is 23.3 Å². The Morgan fingerprint density at radius 2 is 2.04 bits per heavy atom. The molecule has 8 heteroatoms. The molecule has 1 aliphatic carbocycles. The van der Waals surface area contributed by atoms with E-state index in [9.17, 15) is 19.7 Å². The van der Waals surface area contributed by atoms with Crippen molar-refractivity contribution in [3.05, 3.63) is 34.4 Å². The van der Waals surface area contributed by atoms with Crippen LogP contribution in [0.25, 0.3) is 0 Å². The van der Waals surface area contributed by atoms with Crippen LogP contribution in [0.1, 0.15) is 25.7 Å². The van der Waals surface area contributed by atoms with E-state index < -0.39 is 16.4 Å². The lowest BCUT2D eigenvalue weighted by atomic mass is 9.74. The molecule has 0 saturated heterocycles. The first-order chi connectivity index (χ1) is 10.8. The number of carbonyl (C=O) groups is 2. The predicted molar refractivity (Wildman–Crippen MR) is 83.3 cm³/mol. The first-order valence-corrected chi connectivity index (χ1v) is 7.30. The van der Waals surface area contributed by atoms with Crippen LogP contribution in [-0.2, 0) is 9.59 Å². The zero-order valence-electron chi connectivity index (χ0n) is 12.8. The highest BCUT2D eigenvalue weighted by molar-refractivity contribution is 5.84. The number of nitrogens with zero attached hydrogens (tertiary/aromatic N) is 2. The first kappa shape index (κ1) is 16.7. The van der Waals surface area contributed by atoms with Gasteiger partial charge < -0.3 is 15.3 Å². The van der Waals surface area contributed by atoms with Crippen LogP contribution in [0, 0.1) is 10.1 Å². The molecular formula is C15H19N3O5. The van der Waals surface area contributed by atoms with E-state index in [1.807, 2.05) is 0 Å². The molecule has 0 unspecified atom stereocenters. The van der Waals surface area contributed by atoms with Gasteiger partial charge in [0.25, 0.3) is 5.69 Å². The Morgan fingerprint density at radius 1 is 1.39 bits per heavy atom. The highest BCUT2D eigenvalue weighted by Gasteiger charge is 2.40. The number of hydrogen-bond donors (Lipinski definition) is 2. The number of carboxylic acid groups (broad SMARTS) is 1. The number of carboxylic acids is 1. The van der Waals surface area contributed by atoms with Crippen molar-refractivity contribution in [2.24, 2.45) is 0 Å². The minimum Gasteiger partial charge on any atom is -0.481 e. The van der Waals surface area contributed by atoms with Gasteiger partial charge >= 0.3 is 5.97 Å². The maximum atomic E-state index is 12.2. The molecule has 8 nitrogen and oxygen atoms in total. The molecule has 0 aromatic heterocycles. The Bertz CT molecular complexity index is 627. The van der Waals surface area contributed by atoms with Gasteiger partial charge in [0.05, 0.1) is 23.4 Å². The minimum atomic E-state index is -0.947. The molecule has 1 amide bonds. The number of benzene rings is 1. The Labute approximate surface area is 133 Å². The number of likely N-dealkylation sites (N-methyl/N-ethyl adjacent to an activating group) is 1. The highest BCUT2D eigenvalue weighted by Crippen LogP contribution is 2.35. The smallest absolute Gasteiger partial charge is 0.305 e. The molecule has 0 spiro atoms. The van der Waals surface area contributed by atoms with E-state index in [1.165, 1.54) is 11.0 Å². The Hall–Kier alpha value is -2.64. The summed E-state index contributed by atoms with van der Waals surface area (Å²) in [6, 6.07) is 6.17. The lowest BCUT2D eigenvalue weighted by Gasteiger charge is -2.41. The van der Waals surface area contributed by atoms with Gasteiger partial charge in [0.2, 0.25) is 5.91 Å². The third-order valence-corrected chi connectivity index (χ3v) is 4.08. The third-order valence-electron chi connectivity index (χ3n) is 4.08. The Kier molecular flexibility index (Phi) is 4.83. The van der Waals surface area contributed by atoms with E-state index in [0.29, 0.717) is 18.5 Å². The molecular weight excluding hydrogens is 302 g/mol. The average Bonchev–Trinajstić information content (AvgIpc) is 2.44. The SMILES string of the molecule is CN(CC(=O)NC1(CC(=O)O)CCC1)c1ccccc1[N+](=O)[O-]. The summed E-state index contributed by atoms with van der Waals surface area (Å²) in [6.45, 7) is -0.0772. The largest absolute Gasteiger partial charge is 0.481 e. The summed E-state index contributed by atoms with van der Waals surface area (Å²) in [5, 5.41) is 22.8. The van der Waals surface area contributed by atoms with Crippen LogP contribution in [0.5, 0.6) is 0 Å². The third kappa shape index (κ3) is 3.97. The second-order valence-corrected chi connectivity index (χ2v) is 5.85. The summed E-state index contributed by atoms with van der Waals surface area (Å²) in [5.74, 6) is -1.29. The number of para-hydroxylation sites is 2. The van der Waals surface area contributed by atoms with Gasteiger partial charge in [0.1, 0.15) is 5.69 Å². The molecule has 1 aromatic carbocycles. The van der Waals surface area contributed by atoms with E-state index in [0.717, 1.165) is 6.42 Å². The zero-order chi connectivity index (χ0) is 17.0. The van der Waals surface area contributed by atoms with Crippen LogP contribution in [0.3, 0.4) is 0 Å². The van der Waals surface area contributed by atoms with Gasteiger partial charge in [-0.2, -0.15) is 0 Å². The summed E-state index contributed by atoms with van der Waals surface area (Å²) in [7, 11) is 1.59. The Balaban J connectivity index is 2.03. The molecule has 1 fully saturated rings. The number of rotatable bonds is 7. The average molecular weight is 321 g/mol. The monoisotopic (exact) mass is 321 g/mol. The van der Waals surface area contributed by atoms with Crippen LogP contribution in [-0.4, -0.2) is 41.0 Å². The van der Waals surface area contributed by atoms with Gasteiger partial charge in [0, 0.05) is 13.1 Å². The van der Waals surface area contributed by atoms with E-state index in [4.69, 9.17) is 5.11 Å². The molecule has 0 atom stereocenters. The topological polar surface area (TPSA) is 113 Å². The van der Waals surface area contributed by atoms with Gasteiger partial charge in [0.15, 0.2) is 0 Å². The molecule has 0 bridgehead atoms. The number of nitrogens with one attached hydrogen (secondary N) is 1. The highest BCUT2D eigenvalue weighted by atomic mass is 16.6. The lowest BCUT2D eigenvalue weighted by molar-refractivity contribution is -0.384. The summed E-state index contributed by atoms with van der Waals surface area (Å²) in [5.41, 5.74) is -0.410. The van der Waals surface area contributed by atoms with Crippen molar-refractivity contribution < 1.29 is 19.6 Å². The summed E-state index contributed by atoms with van der Waals surface area (Å²) >= 11 is 0. The fourth-order valence-corrected chi connectivity index (χ4v) is 2.82. The second-order valence-electron chi connectivity index (χ2n) is 5.85. The number of aliphatic carboxylic acids is 1. The molecule has 0 aliphatic heterocycles. The van der Waals surface area contributed by atoms with Crippen molar-refractivity contribution in [1.82, 2.24) is 5.32 Å². The van der Waals surface area contributed by atoms with Crippen LogP contribution < -0.4 is 10.2 Å². The standard InChI is InChI=1S/C15H19N3O5/c1-17(11-5-2-3-6-12(11)18(22)23)10-13(19)16-15(7-4-8-15)9-14(20)21/h2-3,5-6H,4,7-10H2,1H3,(H,16,19)(H,20,21). The molecule has 0 heterocycles. The maximum absolute atomic E-state index is 12.2. The van der Waals surface area contributed by atoms with Crippen molar-refractivity contribution in [3.8, 4) is 0 Å². The first-order valence-electron chi connectivity index (χ1n) is 7.30. The van der Waals surface area contributed by atoms with Gasteiger partial charge in [-0.05, 0) is 25.3 Å². The van der Waals surface area contributed by atoms with Crippen molar-refractivity contribution in [3.63, 3.8) is 0 Å². The molecule has 1 aromatic rings. The lowest BCUT2D eigenvalue weighted by Crippen LogP contribution is -2.56. The van der Waals surface area contributed by atoms with Crippen molar-refractivity contribution in [2.45, 2.75) is 31.2 Å². The molecule has 23 heavy (non-hydrogen) atoms. The van der Waals surface area contributed by atoms with E-state index in [1.54, 1.807) is 25.2 Å². The van der Waals surface area contributed by atoms with Crippen LogP contribution in [0.2, 0.25) is 0 Å². The number of anilines is 1. The fraction of sp³-hybridized carbons (Fsp3) is 0.467. The summed E-state index contributed by atoms with van der Waals surface area (Å²) in [6.07, 6.45) is 2.06. The summed E-state index contributed by atoms with van der Waals surface area (Å²) < 4.78 is 0. The number of nitro benzene ring substituents is 1. The quantitative estimate of drug-likeness (QED) is 0.582. The van der Waals surface area contributed by atoms with Gasteiger partial charge in [-0.3, -0.25) is 19.7 Å². The molecule has 2 rings (SSSR count). The number of hydrogen-bond acceptors (Lipinski definition) is 5. The maximum Gasteiger partial charge on any atom is 0.305 e. The van der Waals surface area contributed by atoms with Crippen LogP contribution in [0.4, 0.5) is 11.4 Å². The molecule has 1 saturated carbocycles. The van der Waals surface area contributed by atoms with E-state index >= 15 is 0 Å². The van der Waals surface area contributed by atoms with Crippen LogP contribution >= 0.6 is 0 Å². The molecule has 2 N–H and O–H groups in total. The summed E-state index contributed by atoms with van der Waals surface area (Å²) in [4.78, 5) is 35.1. The fourth-order valence-electron chi connectivity index (χ4n) is 2.82. The van der Waals surface area contributed by atoms with Gasteiger partial charge in [-0.1, -0.05) is 12.1 Å². The number of carbonyl (C=O) groups excluding carboxylic acids is 1. The minimum absolute atomic E-state index is 0.0771. The van der Waals surface area contributed by atoms with Crippen LogP contribution in [0.15, 0.2) is 24.3 Å². The van der Waals surface area contributed by atoms with E-state index in [2.05, 4.69) is 5.32 Å². The van der Waals surface area contributed by atoms with Gasteiger partial charge in [-0.25, -0.2) is 0 Å².